The number of hydrogen-bond donors (Lipinski definition) is 3. The van der Waals surface area contributed by atoms with Crippen LogP contribution in [0.2, 0.25) is 0 Å². The van der Waals surface area contributed by atoms with E-state index >= 15 is 0 Å². The average Bonchev–Trinajstić information content (AvgIpc) is 2.63. The molecule has 0 spiro atoms. The number of anilines is 1. The second kappa shape index (κ2) is 7.04. The van der Waals surface area contributed by atoms with Crippen LogP contribution in [0.25, 0.3) is 0 Å². The fraction of sp³-hybridized carbons (Fsp3) is 0.591. The molecule has 4 saturated carbocycles. The number of carbonyl (C=O) groups excluding carboxylic acids is 3. The quantitative estimate of drug-likeness (QED) is 0.677. The van der Waals surface area contributed by atoms with Crippen LogP contribution in [0.15, 0.2) is 24.3 Å². The third-order valence-corrected chi connectivity index (χ3v) is 6.90. The van der Waals surface area contributed by atoms with Crippen molar-refractivity contribution < 1.29 is 14.4 Å². The second-order valence-corrected chi connectivity index (χ2v) is 9.56. The number of hydrazine groups is 1. The largest absolute Gasteiger partial charge is 0.378 e. The van der Waals surface area contributed by atoms with Crippen LogP contribution >= 0.6 is 0 Å². The van der Waals surface area contributed by atoms with Crippen molar-refractivity contribution in [3.8, 4) is 0 Å². The molecule has 4 aliphatic rings. The molecule has 0 aromatic heterocycles. The highest BCUT2D eigenvalue weighted by Gasteiger charge is 2.60. The third-order valence-electron chi connectivity index (χ3n) is 6.90. The number of carbonyl (C=O) groups is 3. The zero-order valence-electron chi connectivity index (χ0n) is 17.4. The van der Waals surface area contributed by atoms with E-state index in [1.807, 2.05) is 31.1 Å². The number of nitrogens with one attached hydrogen (secondary N) is 3. The van der Waals surface area contributed by atoms with Crippen LogP contribution in [-0.4, -0.2) is 37.4 Å². The van der Waals surface area contributed by atoms with Gasteiger partial charge in [-0.3, -0.25) is 25.2 Å². The van der Waals surface area contributed by atoms with E-state index in [9.17, 15) is 14.4 Å². The van der Waals surface area contributed by atoms with Gasteiger partial charge in [0.15, 0.2) is 0 Å². The molecule has 2 unspecified atom stereocenters. The maximum absolute atomic E-state index is 13.2. The number of rotatable bonds is 4. The van der Waals surface area contributed by atoms with Gasteiger partial charge >= 0.3 is 0 Å². The van der Waals surface area contributed by atoms with Gasteiger partial charge in [0.05, 0.1) is 5.41 Å². The van der Waals surface area contributed by atoms with Crippen LogP contribution in [-0.2, 0) is 9.59 Å². The van der Waals surface area contributed by atoms with Crippen molar-refractivity contribution in [2.45, 2.75) is 51.0 Å². The van der Waals surface area contributed by atoms with Crippen molar-refractivity contribution in [3.63, 3.8) is 0 Å². The summed E-state index contributed by atoms with van der Waals surface area (Å²) in [4.78, 5) is 39.4. The first-order valence-corrected chi connectivity index (χ1v) is 10.4. The molecule has 7 heteroatoms. The summed E-state index contributed by atoms with van der Waals surface area (Å²) in [6, 6.07) is 7.26. The molecule has 0 aliphatic heterocycles. The van der Waals surface area contributed by atoms with E-state index < -0.39 is 5.41 Å². The number of amides is 3. The topological polar surface area (TPSA) is 90.5 Å². The SMILES string of the molecule is CC(=O)NC12C[C@H]3C[C@@H](C1)CC(C(=O)NNC(=O)c1cccc(N(C)C)c1)(C3)C2. The fourth-order valence-electron chi connectivity index (χ4n) is 6.29. The lowest BCUT2D eigenvalue weighted by Gasteiger charge is -2.61. The van der Waals surface area contributed by atoms with Crippen molar-refractivity contribution in [2.24, 2.45) is 17.3 Å². The van der Waals surface area contributed by atoms with E-state index in [0.29, 0.717) is 23.8 Å². The molecule has 0 radical (unpaired) electrons. The molecule has 1 aromatic rings. The Hall–Kier alpha value is -2.57. The summed E-state index contributed by atoms with van der Waals surface area (Å²) in [7, 11) is 3.83. The van der Waals surface area contributed by atoms with Gasteiger partial charge in [-0.2, -0.15) is 0 Å². The molecule has 1 aromatic carbocycles. The monoisotopic (exact) mass is 398 g/mol. The molecule has 4 fully saturated rings. The van der Waals surface area contributed by atoms with Gasteiger partial charge < -0.3 is 10.2 Å². The highest BCUT2D eigenvalue weighted by molar-refractivity contribution is 5.96. The molecule has 5 rings (SSSR count). The van der Waals surface area contributed by atoms with Crippen molar-refractivity contribution in [1.29, 1.82) is 0 Å². The summed E-state index contributed by atoms with van der Waals surface area (Å²) >= 11 is 0. The Morgan fingerprint density at radius 1 is 1.03 bits per heavy atom. The summed E-state index contributed by atoms with van der Waals surface area (Å²) in [5.74, 6) is 0.432. The summed E-state index contributed by atoms with van der Waals surface area (Å²) in [5.41, 5.74) is 5.93. The number of benzene rings is 1. The van der Waals surface area contributed by atoms with E-state index in [-0.39, 0.29) is 23.3 Å². The van der Waals surface area contributed by atoms with E-state index in [1.165, 1.54) is 0 Å². The molecule has 4 atom stereocenters. The number of hydrogen-bond acceptors (Lipinski definition) is 4. The first-order valence-electron chi connectivity index (χ1n) is 10.4. The van der Waals surface area contributed by atoms with Crippen LogP contribution in [0.4, 0.5) is 5.69 Å². The van der Waals surface area contributed by atoms with Gasteiger partial charge in [0.25, 0.3) is 5.91 Å². The highest BCUT2D eigenvalue weighted by atomic mass is 16.2. The Kier molecular flexibility index (Phi) is 4.79. The maximum Gasteiger partial charge on any atom is 0.269 e. The molecule has 156 valence electrons. The third kappa shape index (κ3) is 3.70. The van der Waals surface area contributed by atoms with Crippen LogP contribution < -0.4 is 21.1 Å². The summed E-state index contributed by atoms with van der Waals surface area (Å²) in [6.45, 7) is 1.55. The Bertz CT molecular complexity index is 836. The van der Waals surface area contributed by atoms with Gasteiger partial charge in [-0.15, -0.1) is 0 Å². The minimum absolute atomic E-state index is 0.0309. The molecular weight excluding hydrogens is 368 g/mol. The minimum atomic E-state index is -0.509. The van der Waals surface area contributed by atoms with Gasteiger partial charge in [0.1, 0.15) is 0 Å². The summed E-state index contributed by atoms with van der Waals surface area (Å²) in [6.07, 6.45) is 5.39. The van der Waals surface area contributed by atoms with Gasteiger partial charge in [0, 0.05) is 37.8 Å². The zero-order chi connectivity index (χ0) is 20.8. The van der Waals surface area contributed by atoms with Crippen LogP contribution in [0, 0.1) is 17.3 Å². The molecule has 0 saturated heterocycles. The van der Waals surface area contributed by atoms with E-state index in [0.717, 1.165) is 37.8 Å². The normalized spacial score (nSPS) is 31.8. The Morgan fingerprint density at radius 3 is 2.34 bits per heavy atom. The first kappa shape index (κ1) is 19.7. The fourth-order valence-corrected chi connectivity index (χ4v) is 6.29. The van der Waals surface area contributed by atoms with Crippen molar-refractivity contribution >= 4 is 23.4 Å². The van der Waals surface area contributed by atoms with Crippen molar-refractivity contribution in [2.75, 3.05) is 19.0 Å². The molecule has 4 bridgehead atoms. The lowest BCUT2D eigenvalue weighted by molar-refractivity contribution is -0.153. The molecular formula is C22H30N4O3. The lowest BCUT2D eigenvalue weighted by atomic mass is 9.46. The van der Waals surface area contributed by atoms with Crippen molar-refractivity contribution in [3.05, 3.63) is 29.8 Å². The molecule has 4 aliphatic carbocycles. The molecule has 3 N–H and O–H groups in total. The molecule has 29 heavy (non-hydrogen) atoms. The predicted molar refractivity (Wildman–Crippen MR) is 110 cm³/mol. The summed E-state index contributed by atoms with van der Waals surface area (Å²) < 4.78 is 0. The Balaban J connectivity index is 1.45. The average molecular weight is 399 g/mol. The molecule has 0 heterocycles. The first-order chi connectivity index (χ1) is 13.7. The minimum Gasteiger partial charge on any atom is -0.378 e. The van der Waals surface area contributed by atoms with Crippen LogP contribution in [0.1, 0.15) is 55.8 Å². The number of nitrogens with zero attached hydrogens (tertiary/aromatic N) is 1. The standard InChI is InChI=1S/C22H30N4O3/c1-14(27)23-22-11-15-7-16(12-22)10-21(9-15,13-22)20(29)25-24-19(28)17-5-4-6-18(8-17)26(2)3/h4-6,8,15-16H,7,9-13H2,1-3H3,(H,23,27)(H,24,28)(H,25,29)/t15-,16+,21?,22?. The van der Waals surface area contributed by atoms with Gasteiger partial charge in [-0.25, -0.2) is 0 Å². The Morgan fingerprint density at radius 2 is 1.72 bits per heavy atom. The molecule has 3 amide bonds. The van der Waals surface area contributed by atoms with Gasteiger partial charge in [-0.05, 0) is 68.6 Å². The lowest BCUT2D eigenvalue weighted by Crippen LogP contribution is -2.66. The predicted octanol–water partition coefficient (Wildman–Crippen LogP) is 1.99. The zero-order valence-corrected chi connectivity index (χ0v) is 17.4. The van der Waals surface area contributed by atoms with E-state index in [2.05, 4.69) is 16.2 Å². The van der Waals surface area contributed by atoms with E-state index in [1.54, 1.807) is 19.1 Å². The second-order valence-electron chi connectivity index (χ2n) is 9.56. The van der Waals surface area contributed by atoms with Crippen LogP contribution in [0.5, 0.6) is 0 Å². The van der Waals surface area contributed by atoms with Crippen LogP contribution in [0.3, 0.4) is 0 Å². The smallest absolute Gasteiger partial charge is 0.269 e. The summed E-state index contributed by atoms with van der Waals surface area (Å²) in [5, 5.41) is 3.16. The van der Waals surface area contributed by atoms with E-state index in [4.69, 9.17) is 0 Å². The van der Waals surface area contributed by atoms with Gasteiger partial charge in [-0.1, -0.05) is 6.07 Å². The van der Waals surface area contributed by atoms with Gasteiger partial charge in [0.2, 0.25) is 11.8 Å². The van der Waals surface area contributed by atoms with Crippen molar-refractivity contribution in [1.82, 2.24) is 16.2 Å². The maximum atomic E-state index is 13.2. The Labute approximate surface area is 171 Å². The molecule has 7 nitrogen and oxygen atoms in total. The highest BCUT2D eigenvalue weighted by Crippen LogP contribution is 2.61.